The molecule has 100 valence electrons. The van der Waals surface area contributed by atoms with Crippen molar-refractivity contribution in [2.45, 2.75) is 0 Å². The third kappa shape index (κ3) is 2.14. The third-order valence-corrected chi connectivity index (χ3v) is 3.18. The Hall–Kier alpha value is -2.69. The van der Waals surface area contributed by atoms with E-state index in [9.17, 15) is 0 Å². The van der Waals surface area contributed by atoms with Crippen LogP contribution < -0.4 is 10.1 Å². The van der Waals surface area contributed by atoms with Crippen LogP contribution in [0, 0.1) is 0 Å². The molecule has 0 aliphatic carbocycles. The van der Waals surface area contributed by atoms with Crippen LogP contribution in [0.4, 0.5) is 5.82 Å². The van der Waals surface area contributed by atoms with Gasteiger partial charge in [0.15, 0.2) is 5.82 Å². The number of ether oxygens (including phenoxy) is 1. The van der Waals surface area contributed by atoms with Crippen molar-refractivity contribution in [3.8, 4) is 17.0 Å². The number of hydrogen-bond donors (Lipinski definition) is 1. The molecule has 0 bridgehead atoms. The van der Waals surface area contributed by atoms with E-state index < -0.39 is 0 Å². The van der Waals surface area contributed by atoms with Gasteiger partial charge in [-0.05, 0) is 29.0 Å². The number of rotatable bonds is 3. The molecule has 0 spiro atoms. The molecule has 1 N–H and O–H groups in total. The molecule has 0 aliphatic rings. The fourth-order valence-electron chi connectivity index (χ4n) is 2.15. The van der Waals surface area contributed by atoms with Gasteiger partial charge in [0.05, 0.1) is 7.11 Å². The van der Waals surface area contributed by atoms with Crippen LogP contribution in [-0.4, -0.2) is 29.3 Å². The Morgan fingerprint density at radius 1 is 1.05 bits per heavy atom. The third-order valence-electron chi connectivity index (χ3n) is 3.18. The molecule has 1 heterocycles. The van der Waals surface area contributed by atoms with Crippen LogP contribution >= 0.6 is 0 Å². The standard InChI is InChI=1S/C15H14N4O/c1-16-15-14(19-18-9-17-15)12-4-3-11-8-13(20-2)6-5-10(11)7-12/h3-9H,1-2H3,(H,16,17,18). The summed E-state index contributed by atoms with van der Waals surface area (Å²) in [6.45, 7) is 0. The molecule has 20 heavy (non-hydrogen) atoms. The van der Waals surface area contributed by atoms with Gasteiger partial charge in [0, 0.05) is 12.6 Å². The average Bonchev–Trinajstić information content (AvgIpc) is 2.53. The smallest absolute Gasteiger partial charge is 0.156 e. The van der Waals surface area contributed by atoms with Crippen molar-refractivity contribution >= 4 is 16.6 Å². The van der Waals surface area contributed by atoms with Crippen molar-refractivity contribution in [3.63, 3.8) is 0 Å². The minimum Gasteiger partial charge on any atom is -0.497 e. The summed E-state index contributed by atoms with van der Waals surface area (Å²) in [5.74, 6) is 1.56. The van der Waals surface area contributed by atoms with E-state index in [4.69, 9.17) is 4.74 Å². The van der Waals surface area contributed by atoms with E-state index in [1.807, 2.05) is 37.4 Å². The fourth-order valence-corrected chi connectivity index (χ4v) is 2.15. The van der Waals surface area contributed by atoms with Gasteiger partial charge < -0.3 is 10.1 Å². The van der Waals surface area contributed by atoms with E-state index >= 15 is 0 Å². The molecule has 0 aliphatic heterocycles. The summed E-state index contributed by atoms with van der Waals surface area (Å²) < 4.78 is 5.23. The number of nitrogens with zero attached hydrogens (tertiary/aromatic N) is 3. The predicted octanol–water partition coefficient (Wildman–Crippen LogP) is 2.74. The molecule has 2 aromatic carbocycles. The molecule has 3 aromatic rings. The van der Waals surface area contributed by atoms with Gasteiger partial charge in [-0.3, -0.25) is 0 Å². The molecule has 1 aromatic heterocycles. The summed E-state index contributed by atoms with van der Waals surface area (Å²) in [6.07, 6.45) is 1.43. The highest BCUT2D eigenvalue weighted by molar-refractivity contribution is 5.89. The predicted molar refractivity (Wildman–Crippen MR) is 78.9 cm³/mol. The number of fused-ring (bicyclic) bond motifs is 1. The first-order valence-corrected chi connectivity index (χ1v) is 6.25. The molecular formula is C15H14N4O. The number of benzene rings is 2. The van der Waals surface area contributed by atoms with E-state index in [-0.39, 0.29) is 0 Å². The van der Waals surface area contributed by atoms with Crippen LogP contribution in [0.3, 0.4) is 0 Å². The molecule has 0 fully saturated rings. The first-order valence-electron chi connectivity index (χ1n) is 6.25. The van der Waals surface area contributed by atoms with Crippen molar-refractivity contribution in [2.75, 3.05) is 19.5 Å². The quantitative estimate of drug-likeness (QED) is 0.789. The monoisotopic (exact) mass is 266 g/mol. The summed E-state index contributed by atoms with van der Waals surface area (Å²) in [7, 11) is 3.49. The van der Waals surface area contributed by atoms with E-state index in [0.29, 0.717) is 5.82 Å². The first kappa shape index (κ1) is 12.3. The van der Waals surface area contributed by atoms with Crippen LogP contribution in [0.15, 0.2) is 42.7 Å². The Morgan fingerprint density at radius 2 is 1.85 bits per heavy atom. The molecule has 0 saturated carbocycles. The van der Waals surface area contributed by atoms with Gasteiger partial charge in [-0.2, -0.15) is 0 Å². The highest BCUT2D eigenvalue weighted by Crippen LogP contribution is 2.28. The van der Waals surface area contributed by atoms with Gasteiger partial charge in [-0.25, -0.2) is 4.98 Å². The van der Waals surface area contributed by atoms with Gasteiger partial charge in [0.1, 0.15) is 17.8 Å². The van der Waals surface area contributed by atoms with Crippen LogP contribution in [-0.2, 0) is 0 Å². The molecule has 0 amide bonds. The lowest BCUT2D eigenvalue weighted by Gasteiger charge is -2.07. The molecule has 0 unspecified atom stereocenters. The van der Waals surface area contributed by atoms with Crippen molar-refractivity contribution in [1.29, 1.82) is 0 Å². The van der Waals surface area contributed by atoms with Gasteiger partial charge in [0.2, 0.25) is 0 Å². The minimum atomic E-state index is 0.716. The second-order valence-electron chi connectivity index (χ2n) is 4.34. The Labute approximate surface area is 116 Å². The van der Waals surface area contributed by atoms with E-state index in [1.54, 1.807) is 7.11 Å². The van der Waals surface area contributed by atoms with Crippen molar-refractivity contribution in [2.24, 2.45) is 0 Å². The molecule has 3 rings (SSSR count). The Bertz CT molecular complexity index is 758. The van der Waals surface area contributed by atoms with Crippen LogP contribution in [0.25, 0.3) is 22.0 Å². The van der Waals surface area contributed by atoms with Gasteiger partial charge in [-0.15, -0.1) is 10.2 Å². The van der Waals surface area contributed by atoms with Crippen molar-refractivity contribution in [1.82, 2.24) is 15.2 Å². The summed E-state index contributed by atoms with van der Waals surface area (Å²) in [6, 6.07) is 12.1. The number of methoxy groups -OCH3 is 1. The molecule has 5 heteroatoms. The van der Waals surface area contributed by atoms with E-state index in [2.05, 4.69) is 26.6 Å². The largest absolute Gasteiger partial charge is 0.497 e. The zero-order valence-electron chi connectivity index (χ0n) is 11.3. The highest BCUT2D eigenvalue weighted by Gasteiger charge is 2.08. The SMILES string of the molecule is CNc1ncnnc1-c1ccc2cc(OC)ccc2c1. The van der Waals surface area contributed by atoms with Gasteiger partial charge in [-0.1, -0.05) is 18.2 Å². The lowest BCUT2D eigenvalue weighted by molar-refractivity contribution is 0.415. The summed E-state index contributed by atoms with van der Waals surface area (Å²) in [4.78, 5) is 4.18. The maximum absolute atomic E-state index is 5.23. The number of hydrogen-bond acceptors (Lipinski definition) is 5. The zero-order chi connectivity index (χ0) is 13.9. The van der Waals surface area contributed by atoms with Crippen molar-refractivity contribution in [3.05, 3.63) is 42.7 Å². The summed E-state index contributed by atoms with van der Waals surface area (Å²) in [5.41, 5.74) is 1.72. The summed E-state index contributed by atoms with van der Waals surface area (Å²) >= 11 is 0. The average molecular weight is 266 g/mol. The topological polar surface area (TPSA) is 59.9 Å². The maximum atomic E-state index is 5.23. The van der Waals surface area contributed by atoms with E-state index in [0.717, 1.165) is 27.8 Å². The maximum Gasteiger partial charge on any atom is 0.156 e. The Morgan fingerprint density at radius 3 is 2.65 bits per heavy atom. The Balaban J connectivity index is 2.13. The zero-order valence-corrected chi connectivity index (χ0v) is 11.3. The van der Waals surface area contributed by atoms with Crippen LogP contribution in [0.5, 0.6) is 5.75 Å². The second kappa shape index (κ2) is 5.13. The molecule has 5 nitrogen and oxygen atoms in total. The van der Waals surface area contributed by atoms with Crippen LogP contribution in [0.2, 0.25) is 0 Å². The fraction of sp³-hybridized carbons (Fsp3) is 0.133. The molecule has 0 saturated heterocycles. The highest BCUT2D eigenvalue weighted by atomic mass is 16.5. The molecular weight excluding hydrogens is 252 g/mol. The minimum absolute atomic E-state index is 0.716. The molecule has 0 atom stereocenters. The summed E-state index contributed by atoms with van der Waals surface area (Å²) in [5, 5.41) is 13.3. The van der Waals surface area contributed by atoms with Crippen molar-refractivity contribution < 1.29 is 4.74 Å². The Kier molecular flexibility index (Phi) is 3.16. The number of aromatic nitrogens is 3. The van der Waals surface area contributed by atoms with Crippen LogP contribution in [0.1, 0.15) is 0 Å². The second-order valence-corrected chi connectivity index (χ2v) is 4.34. The van der Waals surface area contributed by atoms with Gasteiger partial charge >= 0.3 is 0 Å². The number of anilines is 1. The van der Waals surface area contributed by atoms with Gasteiger partial charge in [0.25, 0.3) is 0 Å². The number of nitrogens with one attached hydrogen (secondary N) is 1. The van der Waals surface area contributed by atoms with E-state index in [1.165, 1.54) is 6.33 Å². The normalized spacial score (nSPS) is 10.5. The first-order chi connectivity index (χ1) is 9.81. The lowest BCUT2D eigenvalue weighted by Crippen LogP contribution is -1.99. The lowest BCUT2D eigenvalue weighted by atomic mass is 10.0. The molecule has 0 radical (unpaired) electrons.